The van der Waals surface area contributed by atoms with E-state index in [1.807, 2.05) is 0 Å². The van der Waals surface area contributed by atoms with Crippen LogP contribution in [0.3, 0.4) is 0 Å². The highest BCUT2D eigenvalue weighted by Gasteiger charge is 2.34. The van der Waals surface area contributed by atoms with Gasteiger partial charge in [-0.2, -0.15) is 9.97 Å². The maximum atomic E-state index is 5.79. The minimum Gasteiger partial charge on any atom is -0.378 e. The van der Waals surface area contributed by atoms with E-state index in [9.17, 15) is 0 Å². The third-order valence-electron chi connectivity index (χ3n) is 8.24. The first-order chi connectivity index (χ1) is 18.0. The van der Waals surface area contributed by atoms with E-state index in [0.29, 0.717) is 22.9 Å². The Morgan fingerprint density at radius 1 is 0.973 bits per heavy atom. The molecule has 5 rings (SSSR count). The lowest BCUT2D eigenvalue weighted by Gasteiger charge is -2.38. The summed E-state index contributed by atoms with van der Waals surface area (Å²) in [5.74, 6) is 3.79. The number of piperidine rings is 1. The highest BCUT2D eigenvalue weighted by atomic mass is 32.1. The summed E-state index contributed by atoms with van der Waals surface area (Å²) in [7, 11) is 0. The van der Waals surface area contributed by atoms with Gasteiger partial charge in [-0.1, -0.05) is 63.4 Å². The molecular weight excluding hydrogens is 480 g/mol. The van der Waals surface area contributed by atoms with E-state index in [2.05, 4.69) is 70.7 Å². The Kier molecular flexibility index (Phi) is 8.45. The van der Waals surface area contributed by atoms with E-state index in [1.54, 1.807) is 0 Å². The van der Waals surface area contributed by atoms with Crippen LogP contribution in [0.2, 0.25) is 0 Å². The molecule has 2 saturated heterocycles. The van der Waals surface area contributed by atoms with E-state index < -0.39 is 0 Å². The molecule has 7 nitrogen and oxygen atoms in total. The highest BCUT2D eigenvalue weighted by Crippen LogP contribution is 2.39. The number of rotatable bonds is 6. The number of nitrogens with one attached hydrogen (secondary N) is 2. The van der Waals surface area contributed by atoms with Crippen LogP contribution in [0.1, 0.15) is 57.9 Å². The topological polar surface area (TPSA) is 65.6 Å². The fourth-order valence-electron chi connectivity index (χ4n) is 6.43. The molecule has 2 atom stereocenters. The van der Waals surface area contributed by atoms with Crippen molar-refractivity contribution >= 4 is 34.9 Å². The standard InChI is InChI=1S/C29H42N6OS/c1-22-17-23(2)20-35(19-22)26-18-25(34-13-15-36-16-14-34)31-27(32-26)33-28(37)30-21-29(11-7-4-8-12-29)24-9-5-3-6-10-24/h3,5-6,9-10,18,22-23H,4,7-8,11-17,19-21H2,1-2H3,(H2,30,31,32,33,37)/t22-,23+. The Bertz CT molecular complexity index is 1030. The lowest BCUT2D eigenvalue weighted by Crippen LogP contribution is -2.44. The summed E-state index contributed by atoms with van der Waals surface area (Å²) >= 11 is 5.79. The predicted octanol–water partition coefficient (Wildman–Crippen LogP) is 4.98. The van der Waals surface area contributed by atoms with Gasteiger partial charge in [-0.25, -0.2) is 0 Å². The Labute approximate surface area is 227 Å². The van der Waals surface area contributed by atoms with Gasteiger partial charge < -0.3 is 25.2 Å². The molecule has 1 aromatic carbocycles. The van der Waals surface area contributed by atoms with Crippen molar-refractivity contribution in [3.05, 3.63) is 42.0 Å². The van der Waals surface area contributed by atoms with E-state index in [0.717, 1.165) is 57.6 Å². The van der Waals surface area contributed by atoms with Crippen LogP contribution in [-0.2, 0) is 10.2 Å². The number of thiocarbonyl (C=S) groups is 1. The fourth-order valence-corrected chi connectivity index (χ4v) is 6.59. The molecule has 3 fully saturated rings. The molecule has 0 spiro atoms. The van der Waals surface area contributed by atoms with E-state index in [1.165, 1.54) is 44.1 Å². The van der Waals surface area contributed by atoms with Crippen LogP contribution >= 0.6 is 12.2 Å². The number of aromatic nitrogens is 2. The molecule has 0 radical (unpaired) electrons. The number of ether oxygens (including phenoxy) is 1. The van der Waals surface area contributed by atoms with Crippen molar-refractivity contribution in [3.8, 4) is 0 Å². The third-order valence-corrected chi connectivity index (χ3v) is 8.48. The van der Waals surface area contributed by atoms with E-state index >= 15 is 0 Å². The van der Waals surface area contributed by atoms with Gasteiger partial charge in [0.1, 0.15) is 11.6 Å². The van der Waals surface area contributed by atoms with Crippen molar-refractivity contribution < 1.29 is 4.74 Å². The Balaban J connectivity index is 1.33. The number of anilines is 3. The molecule has 1 aromatic heterocycles. The quantitative estimate of drug-likeness (QED) is 0.515. The van der Waals surface area contributed by atoms with Crippen LogP contribution in [0.5, 0.6) is 0 Å². The summed E-state index contributed by atoms with van der Waals surface area (Å²) in [6.45, 7) is 10.6. The molecule has 1 aliphatic carbocycles. The maximum absolute atomic E-state index is 5.79. The molecule has 37 heavy (non-hydrogen) atoms. The molecule has 2 N–H and O–H groups in total. The second kappa shape index (κ2) is 11.9. The molecular formula is C29H42N6OS. The lowest BCUT2D eigenvalue weighted by molar-refractivity contribution is 0.122. The molecule has 200 valence electrons. The van der Waals surface area contributed by atoms with E-state index in [-0.39, 0.29) is 5.41 Å². The van der Waals surface area contributed by atoms with Crippen molar-refractivity contribution in [1.29, 1.82) is 0 Å². The minimum absolute atomic E-state index is 0.118. The normalized spacial score (nSPS) is 23.9. The van der Waals surface area contributed by atoms with Gasteiger partial charge >= 0.3 is 0 Å². The SMILES string of the molecule is C[C@@H]1C[C@H](C)CN(c2cc(N3CCOCC3)nc(NC(=S)NCC3(c4ccccc4)CCCCC3)n2)C1. The molecule has 3 heterocycles. The largest absolute Gasteiger partial charge is 0.378 e. The van der Waals surface area contributed by atoms with Crippen LogP contribution < -0.4 is 20.4 Å². The van der Waals surface area contributed by atoms with Crippen molar-refractivity contribution in [3.63, 3.8) is 0 Å². The first-order valence-corrected chi connectivity index (χ1v) is 14.5. The number of morpholine rings is 1. The number of benzene rings is 1. The predicted molar refractivity (Wildman–Crippen MR) is 156 cm³/mol. The van der Waals surface area contributed by atoms with E-state index in [4.69, 9.17) is 26.9 Å². The van der Waals surface area contributed by atoms with Crippen LogP contribution in [0, 0.1) is 11.8 Å². The molecule has 1 saturated carbocycles. The van der Waals surface area contributed by atoms with Gasteiger partial charge in [0.05, 0.1) is 13.2 Å². The van der Waals surface area contributed by atoms with Crippen LogP contribution in [0.15, 0.2) is 36.4 Å². The molecule has 2 aromatic rings. The number of hydrogen-bond acceptors (Lipinski definition) is 6. The van der Waals surface area contributed by atoms with Gasteiger partial charge in [0.15, 0.2) is 5.11 Å². The number of nitrogens with zero attached hydrogens (tertiary/aromatic N) is 4. The molecule has 0 unspecified atom stereocenters. The van der Waals surface area contributed by atoms with Crippen molar-refractivity contribution in [2.24, 2.45) is 11.8 Å². The van der Waals surface area contributed by atoms with Gasteiger partial charge in [-0.3, -0.25) is 0 Å². The second-order valence-corrected chi connectivity index (χ2v) is 11.8. The maximum Gasteiger partial charge on any atom is 0.232 e. The monoisotopic (exact) mass is 522 g/mol. The lowest BCUT2D eigenvalue weighted by atomic mass is 9.69. The summed E-state index contributed by atoms with van der Waals surface area (Å²) < 4.78 is 5.58. The van der Waals surface area contributed by atoms with Crippen molar-refractivity contribution in [2.75, 3.05) is 61.1 Å². The summed E-state index contributed by atoms with van der Waals surface area (Å²) in [6, 6.07) is 13.1. The van der Waals surface area contributed by atoms with Gasteiger partial charge in [0.2, 0.25) is 5.95 Å². The van der Waals surface area contributed by atoms with Gasteiger partial charge in [0.25, 0.3) is 0 Å². The summed E-state index contributed by atoms with van der Waals surface area (Å²) in [4.78, 5) is 14.5. The summed E-state index contributed by atoms with van der Waals surface area (Å²) in [5, 5.41) is 7.48. The van der Waals surface area contributed by atoms with Gasteiger partial charge in [-0.05, 0) is 48.9 Å². The van der Waals surface area contributed by atoms with Crippen LogP contribution in [0.25, 0.3) is 0 Å². The first-order valence-electron chi connectivity index (χ1n) is 14.1. The molecule has 0 amide bonds. The van der Waals surface area contributed by atoms with Crippen molar-refractivity contribution in [1.82, 2.24) is 15.3 Å². The van der Waals surface area contributed by atoms with Crippen molar-refractivity contribution in [2.45, 2.75) is 57.8 Å². The first kappa shape index (κ1) is 26.2. The summed E-state index contributed by atoms with van der Waals surface area (Å²) in [6.07, 6.45) is 7.47. The molecule has 0 bridgehead atoms. The Morgan fingerprint density at radius 2 is 1.62 bits per heavy atom. The zero-order chi connectivity index (χ0) is 25.7. The smallest absolute Gasteiger partial charge is 0.232 e. The molecule has 3 aliphatic rings. The average Bonchev–Trinajstić information content (AvgIpc) is 2.93. The Morgan fingerprint density at radius 3 is 2.30 bits per heavy atom. The number of hydrogen-bond donors (Lipinski definition) is 2. The summed E-state index contributed by atoms with van der Waals surface area (Å²) in [5.41, 5.74) is 1.53. The van der Waals surface area contributed by atoms with Crippen LogP contribution in [-0.4, -0.2) is 61.0 Å². The zero-order valence-electron chi connectivity index (χ0n) is 22.4. The van der Waals surface area contributed by atoms with Gasteiger partial charge in [-0.15, -0.1) is 0 Å². The van der Waals surface area contributed by atoms with Crippen LogP contribution in [0.4, 0.5) is 17.6 Å². The average molecular weight is 523 g/mol. The Hall–Kier alpha value is -2.45. The second-order valence-electron chi connectivity index (χ2n) is 11.4. The zero-order valence-corrected chi connectivity index (χ0v) is 23.2. The van der Waals surface area contributed by atoms with Gasteiger partial charge in [0, 0.05) is 44.2 Å². The molecule has 2 aliphatic heterocycles. The fraction of sp³-hybridized carbons (Fsp3) is 0.621. The third kappa shape index (κ3) is 6.52. The molecule has 8 heteroatoms. The highest BCUT2D eigenvalue weighted by molar-refractivity contribution is 7.80. The minimum atomic E-state index is 0.118.